The highest BCUT2D eigenvalue weighted by molar-refractivity contribution is 9.10. The molecule has 1 unspecified atom stereocenters. The Labute approximate surface area is 124 Å². The second-order valence-electron chi connectivity index (χ2n) is 4.85. The summed E-state index contributed by atoms with van der Waals surface area (Å²) in [7, 11) is 0. The van der Waals surface area contributed by atoms with E-state index in [0.29, 0.717) is 13.0 Å². The Hall–Kier alpha value is -1.88. The number of hydrogen-bond acceptors (Lipinski definition) is 2. The molecule has 3 rings (SSSR count). The molecule has 1 saturated heterocycles. The Morgan fingerprint density at radius 3 is 2.60 bits per heavy atom. The molecule has 1 N–H and O–H groups in total. The van der Waals surface area contributed by atoms with Gasteiger partial charge in [-0.1, -0.05) is 28.1 Å². The highest BCUT2D eigenvalue weighted by Crippen LogP contribution is 2.29. The van der Waals surface area contributed by atoms with E-state index < -0.39 is 11.9 Å². The predicted octanol–water partition coefficient (Wildman–Crippen LogP) is 3.04. The van der Waals surface area contributed by atoms with Gasteiger partial charge in [0.2, 0.25) is 5.91 Å². The lowest BCUT2D eigenvalue weighted by molar-refractivity contribution is -0.144. The van der Waals surface area contributed by atoms with Crippen molar-refractivity contribution in [3.8, 4) is 0 Å². The maximum Gasteiger partial charge on any atom is 0.316 e. The van der Waals surface area contributed by atoms with E-state index in [-0.39, 0.29) is 5.91 Å². The van der Waals surface area contributed by atoms with Crippen molar-refractivity contribution >= 4 is 44.3 Å². The number of carboxylic acid groups (broad SMARTS) is 1. The van der Waals surface area contributed by atoms with Gasteiger partial charge in [-0.15, -0.1) is 0 Å². The molecular formula is C15H12BrNO3. The topological polar surface area (TPSA) is 57.6 Å². The maximum absolute atomic E-state index is 12.1. The first-order valence-corrected chi connectivity index (χ1v) is 7.09. The van der Waals surface area contributed by atoms with Gasteiger partial charge in [-0.05, 0) is 41.5 Å². The average molecular weight is 334 g/mol. The van der Waals surface area contributed by atoms with E-state index in [1.807, 2.05) is 36.4 Å². The van der Waals surface area contributed by atoms with Crippen LogP contribution >= 0.6 is 15.9 Å². The van der Waals surface area contributed by atoms with Crippen LogP contribution in [-0.4, -0.2) is 23.5 Å². The van der Waals surface area contributed by atoms with Crippen molar-refractivity contribution in [2.75, 3.05) is 11.4 Å². The summed E-state index contributed by atoms with van der Waals surface area (Å²) >= 11 is 3.42. The minimum Gasteiger partial charge on any atom is -0.481 e. The van der Waals surface area contributed by atoms with E-state index in [9.17, 15) is 9.59 Å². The first-order chi connectivity index (χ1) is 9.56. The molecule has 0 aliphatic carbocycles. The number of nitrogens with zero attached hydrogens (tertiary/aromatic N) is 1. The molecule has 1 fully saturated rings. The van der Waals surface area contributed by atoms with E-state index in [0.717, 1.165) is 20.9 Å². The number of fused-ring (bicyclic) bond motifs is 1. The number of carbonyl (C=O) groups is 2. The van der Waals surface area contributed by atoms with Gasteiger partial charge < -0.3 is 10.0 Å². The zero-order chi connectivity index (χ0) is 14.3. The highest BCUT2D eigenvalue weighted by Gasteiger charge is 2.37. The van der Waals surface area contributed by atoms with Crippen molar-refractivity contribution in [2.24, 2.45) is 5.92 Å². The SMILES string of the molecule is O=C(O)C1CCN(c2ccc3cc(Br)ccc3c2)C1=O. The molecule has 0 saturated carbocycles. The Bertz CT molecular complexity index is 713. The van der Waals surface area contributed by atoms with Crippen molar-refractivity contribution in [3.63, 3.8) is 0 Å². The third-order valence-electron chi connectivity index (χ3n) is 3.60. The molecule has 20 heavy (non-hydrogen) atoms. The van der Waals surface area contributed by atoms with Crippen LogP contribution < -0.4 is 4.90 Å². The first kappa shape index (κ1) is 13.1. The summed E-state index contributed by atoms with van der Waals surface area (Å²) in [4.78, 5) is 24.6. The van der Waals surface area contributed by atoms with Crippen molar-refractivity contribution in [1.82, 2.24) is 0 Å². The van der Waals surface area contributed by atoms with Gasteiger partial charge in [0, 0.05) is 16.7 Å². The lowest BCUT2D eigenvalue weighted by Crippen LogP contribution is -2.30. The van der Waals surface area contributed by atoms with Gasteiger partial charge in [0.05, 0.1) is 0 Å². The quantitative estimate of drug-likeness (QED) is 0.859. The van der Waals surface area contributed by atoms with E-state index in [4.69, 9.17) is 5.11 Å². The van der Waals surface area contributed by atoms with Gasteiger partial charge in [-0.25, -0.2) is 0 Å². The van der Waals surface area contributed by atoms with Crippen LogP contribution in [0.2, 0.25) is 0 Å². The molecule has 102 valence electrons. The minimum atomic E-state index is -1.04. The fourth-order valence-electron chi connectivity index (χ4n) is 2.54. The lowest BCUT2D eigenvalue weighted by Gasteiger charge is -2.16. The van der Waals surface area contributed by atoms with E-state index >= 15 is 0 Å². The Balaban J connectivity index is 1.97. The van der Waals surface area contributed by atoms with Crippen molar-refractivity contribution in [2.45, 2.75) is 6.42 Å². The number of halogens is 1. The maximum atomic E-state index is 12.1. The number of rotatable bonds is 2. The van der Waals surface area contributed by atoms with Gasteiger partial charge in [0.1, 0.15) is 5.92 Å². The average Bonchev–Trinajstić information content (AvgIpc) is 2.80. The molecule has 0 radical (unpaired) electrons. The first-order valence-electron chi connectivity index (χ1n) is 6.30. The number of anilines is 1. The third-order valence-corrected chi connectivity index (χ3v) is 4.09. The minimum absolute atomic E-state index is 0.325. The largest absolute Gasteiger partial charge is 0.481 e. The molecule has 2 aromatic carbocycles. The van der Waals surface area contributed by atoms with Gasteiger partial charge in [0.25, 0.3) is 0 Å². The van der Waals surface area contributed by atoms with Crippen molar-refractivity contribution < 1.29 is 14.7 Å². The van der Waals surface area contributed by atoms with Gasteiger partial charge in [0.15, 0.2) is 0 Å². The summed E-state index contributed by atoms with van der Waals surface area (Å²) < 4.78 is 1.00. The Kier molecular flexibility index (Phi) is 3.22. The molecule has 1 aliphatic heterocycles. The van der Waals surface area contributed by atoms with Crippen LogP contribution in [0.5, 0.6) is 0 Å². The Morgan fingerprint density at radius 1 is 1.20 bits per heavy atom. The molecule has 0 bridgehead atoms. The number of hydrogen-bond donors (Lipinski definition) is 1. The number of aliphatic carboxylic acids is 1. The normalized spacial score (nSPS) is 18.8. The van der Waals surface area contributed by atoms with Gasteiger partial charge in [-0.2, -0.15) is 0 Å². The predicted molar refractivity (Wildman–Crippen MR) is 79.7 cm³/mol. The molecule has 1 heterocycles. The van der Waals surface area contributed by atoms with Crippen LogP contribution in [0.15, 0.2) is 40.9 Å². The zero-order valence-electron chi connectivity index (χ0n) is 10.5. The van der Waals surface area contributed by atoms with Crippen LogP contribution in [0.1, 0.15) is 6.42 Å². The summed E-state index contributed by atoms with van der Waals surface area (Å²) in [5, 5.41) is 11.1. The number of amides is 1. The monoisotopic (exact) mass is 333 g/mol. The number of carboxylic acids is 1. The van der Waals surface area contributed by atoms with Crippen LogP contribution in [-0.2, 0) is 9.59 Å². The number of carbonyl (C=O) groups excluding carboxylic acids is 1. The molecule has 4 nitrogen and oxygen atoms in total. The molecule has 5 heteroatoms. The molecular weight excluding hydrogens is 322 g/mol. The molecule has 0 spiro atoms. The second-order valence-corrected chi connectivity index (χ2v) is 5.76. The summed E-state index contributed by atoms with van der Waals surface area (Å²) in [5.74, 6) is -2.27. The lowest BCUT2D eigenvalue weighted by atomic mass is 10.1. The van der Waals surface area contributed by atoms with Crippen LogP contribution in [0.25, 0.3) is 10.8 Å². The molecule has 1 aliphatic rings. The van der Waals surface area contributed by atoms with Gasteiger partial charge in [-0.3, -0.25) is 9.59 Å². The van der Waals surface area contributed by atoms with E-state index in [2.05, 4.69) is 15.9 Å². The standard InChI is InChI=1S/C15H12BrNO3/c16-11-3-1-10-8-12(4-2-9(10)7-11)17-6-5-13(14(17)18)15(19)20/h1-4,7-8,13H,5-6H2,(H,19,20). The fraction of sp³-hybridized carbons (Fsp3) is 0.200. The summed E-state index contributed by atoms with van der Waals surface area (Å²) in [6.07, 6.45) is 0.368. The summed E-state index contributed by atoms with van der Waals surface area (Å²) in [6.45, 7) is 0.456. The van der Waals surface area contributed by atoms with Crippen LogP contribution in [0, 0.1) is 5.92 Å². The van der Waals surface area contributed by atoms with Gasteiger partial charge >= 0.3 is 5.97 Å². The van der Waals surface area contributed by atoms with Crippen LogP contribution in [0.4, 0.5) is 5.69 Å². The summed E-state index contributed by atoms with van der Waals surface area (Å²) in [5.41, 5.74) is 0.758. The number of benzene rings is 2. The molecule has 1 amide bonds. The van der Waals surface area contributed by atoms with Crippen molar-refractivity contribution in [1.29, 1.82) is 0 Å². The molecule has 0 aromatic heterocycles. The van der Waals surface area contributed by atoms with E-state index in [1.165, 1.54) is 0 Å². The Morgan fingerprint density at radius 2 is 1.90 bits per heavy atom. The fourth-order valence-corrected chi connectivity index (χ4v) is 2.92. The van der Waals surface area contributed by atoms with E-state index in [1.54, 1.807) is 4.90 Å². The second kappa shape index (κ2) is 4.90. The molecule has 2 aromatic rings. The van der Waals surface area contributed by atoms with Crippen molar-refractivity contribution in [3.05, 3.63) is 40.9 Å². The molecule has 1 atom stereocenters. The summed E-state index contributed by atoms with van der Waals surface area (Å²) in [6, 6.07) is 11.6. The van der Waals surface area contributed by atoms with Crippen LogP contribution in [0.3, 0.4) is 0 Å². The smallest absolute Gasteiger partial charge is 0.316 e. The third kappa shape index (κ3) is 2.18. The zero-order valence-corrected chi connectivity index (χ0v) is 12.1. The highest BCUT2D eigenvalue weighted by atomic mass is 79.9.